The summed E-state index contributed by atoms with van der Waals surface area (Å²) in [4.78, 5) is 78.9. The smallest absolute Gasteiger partial charge is 0.414 e. The molecule has 4 amide bonds. The topological polar surface area (TPSA) is 193 Å². The van der Waals surface area contributed by atoms with Gasteiger partial charge in [0.15, 0.2) is 12.6 Å². The zero-order chi connectivity index (χ0) is 31.7. The third-order valence-electron chi connectivity index (χ3n) is 7.03. The average molecular weight is 603 g/mol. The summed E-state index contributed by atoms with van der Waals surface area (Å²) in [5, 5.41) is 15.3. The molecule has 1 aliphatic rings. The lowest BCUT2D eigenvalue weighted by atomic mass is 9.95. The van der Waals surface area contributed by atoms with Gasteiger partial charge in [0.25, 0.3) is 5.91 Å². The Bertz CT molecular complexity index is 1350. The van der Waals surface area contributed by atoms with Crippen LogP contribution in [0.25, 0.3) is 10.9 Å². The molecule has 0 bridgehead atoms. The largest absolute Gasteiger partial charge is 0.496 e. The maximum absolute atomic E-state index is 13.5. The fourth-order valence-corrected chi connectivity index (χ4v) is 4.79. The van der Waals surface area contributed by atoms with Crippen LogP contribution in [0.2, 0.25) is 0 Å². The van der Waals surface area contributed by atoms with Gasteiger partial charge in [-0.2, -0.15) is 0 Å². The van der Waals surface area contributed by atoms with Gasteiger partial charge in [0, 0.05) is 29.8 Å². The lowest BCUT2D eigenvalue weighted by Gasteiger charge is -2.25. The van der Waals surface area contributed by atoms with Crippen molar-refractivity contribution in [1.29, 1.82) is 0 Å². The van der Waals surface area contributed by atoms with Gasteiger partial charge in [0.05, 0.1) is 13.2 Å². The highest BCUT2D eigenvalue weighted by Gasteiger charge is 2.39. The third-order valence-corrected chi connectivity index (χ3v) is 7.03. The van der Waals surface area contributed by atoms with Gasteiger partial charge in [0.1, 0.15) is 24.1 Å². The van der Waals surface area contributed by atoms with Crippen LogP contribution >= 0.6 is 0 Å². The van der Waals surface area contributed by atoms with Crippen LogP contribution in [-0.4, -0.2) is 89.7 Å². The highest BCUT2D eigenvalue weighted by atomic mass is 16.7. The Hall–Kier alpha value is -4.46. The van der Waals surface area contributed by atoms with Crippen LogP contribution in [-0.2, 0) is 28.7 Å². The highest BCUT2D eigenvalue weighted by molar-refractivity contribution is 6.02. The predicted octanol–water partition coefficient (Wildman–Crippen LogP) is 2.22. The number of methoxy groups -OCH3 is 1. The van der Waals surface area contributed by atoms with Gasteiger partial charge >= 0.3 is 12.1 Å². The number of ether oxygens (including phenoxy) is 3. The van der Waals surface area contributed by atoms with Gasteiger partial charge in [-0.25, -0.2) is 9.69 Å². The Labute approximate surface area is 248 Å². The number of rotatable bonds is 15. The van der Waals surface area contributed by atoms with Crippen molar-refractivity contribution < 1.29 is 48.1 Å². The van der Waals surface area contributed by atoms with E-state index < -0.39 is 67.0 Å². The zero-order valence-corrected chi connectivity index (χ0v) is 24.6. The van der Waals surface area contributed by atoms with Gasteiger partial charge in [0.2, 0.25) is 11.8 Å². The number of aromatic amines is 1. The van der Waals surface area contributed by atoms with Crippen molar-refractivity contribution in [3.63, 3.8) is 0 Å². The Morgan fingerprint density at radius 2 is 1.88 bits per heavy atom. The number of H-pyrrole nitrogens is 1. The number of aromatic nitrogens is 1. The fourth-order valence-electron chi connectivity index (χ4n) is 4.79. The molecule has 234 valence electrons. The molecule has 0 saturated carbocycles. The van der Waals surface area contributed by atoms with Crippen molar-refractivity contribution in [2.75, 3.05) is 27.1 Å². The molecule has 2 heterocycles. The van der Waals surface area contributed by atoms with Crippen LogP contribution in [0.1, 0.15) is 56.9 Å². The summed E-state index contributed by atoms with van der Waals surface area (Å²) in [6, 6.07) is 4.64. The van der Waals surface area contributed by atoms with Crippen LogP contribution in [0.5, 0.6) is 5.75 Å². The summed E-state index contributed by atoms with van der Waals surface area (Å²) >= 11 is 0. The third kappa shape index (κ3) is 8.77. The summed E-state index contributed by atoms with van der Waals surface area (Å²) in [5.74, 6) is -3.30. The van der Waals surface area contributed by atoms with E-state index in [-0.39, 0.29) is 43.8 Å². The van der Waals surface area contributed by atoms with Gasteiger partial charge < -0.3 is 34.9 Å². The number of nitrogens with zero attached hydrogens (tertiary/aromatic N) is 1. The van der Waals surface area contributed by atoms with E-state index in [0.717, 1.165) is 0 Å². The number of fused-ring (bicyclic) bond motifs is 1. The molecule has 1 saturated heterocycles. The second-order valence-electron chi connectivity index (χ2n) is 10.6. The summed E-state index contributed by atoms with van der Waals surface area (Å²) < 4.78 is 15.3. The van der Waals surface area contributed by atoms with Crippen molar-refractivity contribution >= 4 is 46.5 Å². The number of benzene rings is 1. The van der Waals surface area contributed by atoms with Crippen LogP contribution in [0.3, 0.4) is 0 Å². The van der Waals surface area contributed by atoms with Crippen molar-refractivity contribution in [2.24, 2.45) is 11.8 Å². The molecule has 14 heteroatoms. The molecule has 0 radical (unpaired) electrons. The molecule has 3 atom stereocenters. The van der Waals surface area contributed by atoms with Gasteiger partial charge in [-0.1, -0.05) is 26.8 Å². The van der Waals surface area contributed by atoms with E-state index in [2.05, 4.69) is 15.6 Å². The molecule has 0 aliphatic carbocycles. The Morgan fingerprint density at radius 3 is 2.51 bits per heavy atom. The first-order chi connectivity index (χ1) is 20.4. The number of carbonyl (C=O) groups excluding carboxylic acids is 5. The highest BCUT2D eigenvalue weighted by Crippen LogP contribution is 2.26. The number of hydrogen-bond donors (Lipinski definition) is 4. The van der Waals surface area contributed by atoms with E-state index in [0.29, 0.717) is 21.6 Å². The molecule has 4 N–H and O–H groups in total. The second kappa shape index (κ2) is 15.1. The molecule has 0 spiro atoms. The molecule has 1 fully saturated rings. The normalized spacial score (nSPS) is 16.2. The van der Waals surface area contributed by atoms with Gasteiger partial charge in [-0.3, -0.25) is 24.0 Å². The predicted molar refractivity (Wildman–Crippen MR) is 152 cm³/mol. The number of imide groups is 1. The number of carbonyl (C=O) groups is 6. The molecule has 2 aromatic rings. The van der Waals surface area contributed by atoms with E-state index in [1.165, 1.54) is 7.11 Å². The number of esters is 1. The lowest BCUT2D eigenvalue weighted by molar-refractivity contribution is -0.158. The summed E-state index contributed by atoms with van der Waals surface area (Å²) in [6.07, 6.45) is -1.03. The molecule has 1 aliphatic heterocycles. The second-order valence-corrected chi connectivity index (χ2v) is 10.6. The van der Waals surface area contributed by atoms with Gasteiger partial charge in [-0.15, -0.1) is 0 Å². The number of amides is 4. The lowest BCUT2D eigenvalue weighted by Crippen LogP contribution is -2.53. The quantitative estimate of drug-likeness (QED) is 0.133. The molecule has 2 unspecified atom stereocenters. The van der Waals surface area contributed by atoms with E-state index in [4.69, 9.17) is 14.2 Å². The number of likely N-dealkylation sites (tertiary alicyclic amines) is 1. The van der Waals surface area contributed by atoms with E-state index in [1.807, 2.05) is 13.8 Å². The van der Waals surface area contributed by atoms with Crippen LogP contribution in [0.4, 0.5) is 4.79 Å². The number of hydrogen-bond acceptors (Lipinski definition) is 9. The summed E-state index contributed by atoms with van der Waals surface area (Å²) in [7, 11) is 1.52. The van der Waals surface area contributed by atoms with Crippen LogP contribution in [0, 0.1) is 11.8 Å². The SMILES string of the molecule is CCC(=O)OCOCC(=O)C(C[C@@H]1CCN(C(=O)O)C1=O)NC(=O)C(CC(C)C)NC(=O)c1cc2c(OC)cccc2[nH]1. The van der Waals surface area contributed by atoms with Crippen molar-refractivity contribution in [2.45, 2.75) is 58.5 Å². The molecule has 43 heavy (non-hydrogen) atoms. The number of nitrogens with one attached hydrogen (secondary N) is 3. The first-order valence-electron chi connectivity index (χ1n) is 14.0. The number of ketones is 1. The fraction of sp³-hybridized carbons (Fsp3) is 0.517. The molecule has 1 aromatic heterocycles. The monoisotopic (exact) mass is 602 g/mol. The molecular formula is C29H38N4O10. The Morgan fingerprint density at radius 1 is 1.14 bits per heavy atom. The maximum atomic E-state index is 13.5. The first kappa shape index (κ1) is 33.0. The van der Waals surface area contributed by atoms with Gasteiger partial charge in [-0.05, 0) is 43.4 Å². The Kier molecular flexibility index (Phi) is 11.6. The molecular weight excluding hydrogens is 564 g/mol. The molecule has 1 aromatic carbocycles. The van der Waals surface area contributed by atoms with Crippen molar-refractivity contribution in [3.8, 4) is 5.75 Å². The van der Waals surface area contributed by atoms with Crippen LogP contribution in [0.15, 0.2) is 24.3 Å². The Balaban J connectivity index is 1.76. The molecule has 3 rings (SSSR count). The minimum absolute atomic E-state index is 0.0230. The van der Waals surface area contributed by atoms with Crippen molar-refractivity contribution in [1.82, 2.24) is 20.5 Å². The van der Waals surface area contributed by atoms with E-state index >= 15 is 0 Å². The number of Topliss-reactive ketones (excluding diaryl/α,β-unsaturated/α-hetero) is 1. The number of carboxylic acid groups (broad SMARTS) is 1. The zero-order valence-electron chi connectivity index (χ0n) is 24.6. The summed E-state index contributed by atoms with van der Waals surface area (Å²) in [6.45, 7) is 4.29. The average Bonchev–Trinajstić information content (AvgIpc) is 3.57. The minimum Gasteiger partial charge on any atom is -0.496 e. The molecule has 14 nitrogen and oxygen atoms in total. The first-order valence-corrected chi connectivity index (χ1v) is 14.0. The maximum Gasteiger partial charge on any atom is 0.414 e. The van der Waals surface area contributed by atoms with Crippen LogP contribution < -0.4 is 15.4 Å². The minimum atomic E-state index is -1.39. The van der Waals surface area contributed by atoms with Crippen molar-refractivity contribution in [3.05, 3.63) is 30.0 Å². The standard InChI is InChI=1S/C29H38N4O10/c1-5-25(35)43-15-42-14-23(34)20(12-17-9-10-33(28(17)38)29(39)40)31-26(36)21(11-16(2)3)32-27(37)22-13-18-19(30-22)7-6-8-24(18)41-4/h6-8,13,16-17,20-21,30H,5,9-12,14-15H2,1-4H3,(H,31,36)(H,32,37)(H,39,40)/t17-,20?,21?/m0/s1. The van der Waals surface area contributed by atoms with E-state index in [1.54, 1.807) is 31.2 Å². The van der Waals surface area contributed by atoms with E-state index in [9.17, 15) is 33.9 Å². The summed E-state index contributed by atoms with van der Waals surface area (Å²) in [5.41, 5.74) is 0.871.